The number of carbonyl (C=O) groups is 3. The molecule has 7 heteroatoms. The second kappa shape index (κ2) is 10.7. The highest BCUT2D eigenvalue weighted by molar-refractivity contribution is 5.88. The molecule has 0 aliphatic heterocycles. The van der Waals surface area contributed by atoms with E-state index in [1.807, 2.05) is 0 Å². The van der Waals surface area contributed by atoms with E-state index in [2.05, 4.69) is 19.7 Å². The maximum absolute atomic E-state index is 14.8. The molecular formula is C24H33FO6. The highest BCUT2D eigenvalue weighted by Gasteiger charge is 2.43. The number of alkyl halides is 1. The quantitative estimate of drug-likeness (QED) is 0.335. The molecule has 2 aliphatic rings. The maximum atomic E-state index is 14.8. The van der Waals surface area contributed by atoms with Gasteiger partial charge in [0.1, 0.15) is 24.5 Å². The molecular weight excluding hydrogens is 403 g/mol. The Morgan fingerprint density at radius 3 is 1.74 bits per heavy atom. The van der Waals surface area contributed by atoms with Crippen LogP contribution >= 0.6 is 0 Å². The SMILES string of the molecule is C=C(C)C(=O)OC1CCC(C2CCC(OC(=O)C(=C)C)C(F)C2)C(OC(=O)C(=C)C)C1. The molecule has 172 valence electrons. The van der Waals surface area contributed by atoms with Gasteiger partial charge in [-0.25, -0.2) is 18.8 Å². The zero-order chi connectivity index (χ0) is 23.3. The zero-order valence-corrected chi connectivity index (χ0v) is 18.7. The summed E-state index contributed by atoms with van der Waals surface area (Å²) in [5.41, 5.74) is 0.822. The monoisotopic (exact) mass is 436 g/mol. The van der Waals surface area contributed by atoms with E-state index >= 15 is 0 Å². The van der Waals surface area contributed by atoms with Gasteiger partial charge in [0, 0.05) is 23.1 Å². The van der Waals surface area contributed by atoms with Crippen molar-refractivity contribution >= 4 is 17.9 Å². The predicted molar refractivity (Wildman–Crippen MR) is 114 cm³/mol. The van der Waals surface area contributed by atoms with Crippen LogP contribution < -0.4 is 0 Å². The van der Waals surface area contributed by atoms with Crippen molar-refractivity contribution in [2.75, 3.05) is 0 Å². The van der Waals surface area contributed by atoms with Gasteiger partial charge in [0.2, 0.25) is 0 Å². The van der Waals surface area contributed by atoms with Gasteiger partial charge in [-0.1, -0.05) is 19.7 Å². The van der Waals surface area contributed by atoms with Crippen molar-refractivity contribution in [3.63, 3.8) is 0 Å². The Bertz CT molecular complexity index is 757. The summed E-state index contributed by atoms with van der Waals surface area (Å²) in [5.74, 6) is -1.67. The molecule has 0 aromatic carbocycles. The van der Waals surface area contributed by atoms with Gasteiger partial charge in [-0.05, 0) is 64.7 Å². The van der Waals surface area contributed by atoms with Gasteiger partial charge < -0.3 is 14.2 Å². The number of hydrogen-bond acceptors (Lipinski definition) is 6. The molecule has 2 rings (SSSR count). The summed E-state index contributed by atoms with van der Waals surface area (Å²) in [6.07, 6.45) is -0.122. The summed E-state index contributed by atoms with van der Waals surface area (Å²) in [7, 11) is 0. The fourth-order valence-electron chi connectivity index (χ4n) is 4.27. The lowest BCUT2D eigenvalue weighted by Crippen LogP contribution is -2.44. The number of hydrogen-bond donors (Lipinski definition) is 0. The van der Waals surface area contributed by atoms with Crippen LogP contribution in [0.15, 0.2) is 36.5 Å². The lowest BCUT2D eigenvalue weighted by molar-refractivity contribution is -0.163. The van der Waals surface area contributed by atoms with Crippen LogP contribution in [0.1, 0.15) is 59.3 Å². The van der Waals surface area contributed by atoms with Crippen LogP contribution in [0.2, 0.25) is 0 Å². The first-order chi connectivity index (χ1) is 14.5. The van der Waals surface area contributed by atoms with Gasteiger partial charge in [-0.2, -0.15) is 0 Å². The summed E-state index contributed by atoms with van der Waals surface area (Å²) in [6, 6.07) is 0. The number of halogens is 1. The summed E-state index contributed by atoms with van der Waals surface area (Å²) in [5, 5.41) is 0. The Morgan fingerprint density at radius 2 is 1.23 bits per heavy atom. The maximum Gasteiger partial charge on any atom is 0.333 e. The Hall–Kier alpha value is -2.44. The minimum atomic E-state index is -1.29. The molecule has 0 N–H and O–H groups in total. The molecule has 0 saturated heterocycles. The first-order valence-corrected chi connectivity index (χ1v) is 10.7. The normalized spacial score (nSPS) is 30.6. The van der Waals surface area contributed by atoms with Crippen molar-refractivity contribution in [1.82, 2.24) is 0 Å². The van der Waals surface area contributed by atoms with E-state index in [1.54, 1.807) is 13.8 Å². The average Bonchev–Trinajstić information content (AvgIpc) is 2.69. The molecule has 6 unspecified atom stereocenters. The highest BCUT2D eigenvalue weighted by atomic mass is 19.1. The number of carbonyl (C=O) groups excluding carboxylic acids is 3. The third kappa shape index (κ3) is 6.77. The van der Waals surface area contributed by atoms with Crippen molar-refractivity contribution in [3.8, 4) is 0 Å². The third-order valence-electron chi connectivity index (χ3n) is 5.99. The van der Waals surface area contributed by atoms with Crippen molar-refractivity contribution < 1.29 is 33.0 Å². The van der Waals surface area contributed by atoms with Crippen LogP contribution in [0.25, 0.3) is 0 Å². The molecule has 6 atom stereocenters. The van der Waals surface area contributed by atoms with E-state index in [-0.39, 0.29) is 29.4 Å². The topological polar surface area (TPSA) is 78.9 Å². The summed E-state index contributed by atoms with van der Waals surface area (Å²) in [4.78, 5) is 35.8. The van der Waals surface area contributed by atoms with Gasteiger partial charge in [-0.3, -0.25) is 0 Å². The predicted octanol–water partition coefficient (Wildman–Crippen LogP) is 4.39. The van der Waals surface area contributed by atoms with Crippen molar-refractivity contribution in [3.05, 3.63) is 36.5 Å². The van der Waals surface area contributed by atoms with E-state index < -0.39 is 42.4 Å². The van der Waals surface area contributed by atoms with Crippen LogP contribution in [0, 0.1) is 11.8 Å². The van der Waals surface area contributed by atoms with E-state index in [0.29, 0.717) is 37.7 Å². The lowest BCUT2D eigenvalue weighted by atomic mass is 9.70. The second-order valence-electron chi connectivity index (χ2n) is 8.82. The minimum absolute atomic E-state index is 0.0320. The van der Waals surface area contributed by atoms with E-state index in [1.165, 1.54) is 6.92 Å². The average molecular weight is 437 g/mol. The highest BCUT2D eigenvalue weighted by Crippen LogP contribution is 2.42. The molecule has 0 aromatic rings. The fourth-order valence-corrected chi connectivity index (χ4v) is 4.27. The Kier molecular flexibility index (Phi) is 8.60. The fraction of sp³-hybridized carbons (Fsp3) is 0.625. The van der Waals surface area contributed by atoms with Crippen LogP contribution in [-0.2, 0) is 28.6 Å². The van der Waals surface area contributed by atoms with Crippen LogP contribution in [-0.4, -0.2) is 42.4 Å². The van der Waals surface area contributed by atoms with Gasteiger partial charge in [-0.15, -0.1) is 0 Å². The molecule has 0 radical (unpaired) electrons. The first kappa shape index (κ1) is 24.8. The molecule has 31 heavy (non-hydrogen) atoms. The largest absolute Gasteiger partial charge is 0.459 e. The standard InChI is InChI=1S/C24H33FO6/c1-13(2)22(26)29-17-8-9-18(21(12-17)31-24(28)15(5)6)16-7-10-20(19(25)11-16)30-23(27)14(3)4/h16-21H,1,3,5,7-12H2,2,4,6H3. The van der Waals surface area contributed by atoms with Gasteiger partial charge >= 0.3 is 17.9 Å². The van der Waals surface area contributed by atoms with E-state index in [4.69, 9.17) is 14.2 Å². The van der Waals surface area contributed by atoms with Crippen molar-refractivity contribution in [1.29, 1.82) is 0 Å². The van der Waals surface area contributed by atoms with Gasteiger partial charge in [0.25, 0.3) is 0 Å². The molecule has 0 heterocycles. The van der Waals surface area contributed by atoms with E-state index in [0.717, 1.165) is 0 Å². The van der Waals surface area contributed by atoms with Crippen molar-refractivity contribution in [2.45, 2.75) is 83.8 Å². The Morgan fingerprint density at radius 1 is 0.710 bits per heavy atom. The van der Waals surface area contributed by atoms with Gasteiger partial charge in [0.05, 0.1) is 0 Å². The number of rotatable bonds is 7. The third-order valence-corrected chi connectivity index (χ3v) is 5.99. The molecule has 0 aromatic heterocycles. The molecule has 2 aliphatic carbocycles. The summed E-state index contributed by atoms with van der Waals surface area (Å²) >= 11 is 0. The molecule has 2 fully saturated rings. The minimum Gasteiger partial charge on any atom is -0.459 e. The molecule has 2 saturated carbocycles. The zero-order valence-electron chi connectivity index (χ0n) is 18.7. The summed E-state index contributed by atoms with van der Waals surface area (Å²) < 4.78 is 31.2. The van der Waals surface area contributed by atoms with Crippen LogP contribution in [0.4, 0.5) is 4.39 Å². The van der Waals surface area contributed by atoms with Crippen molar-refractivity contribution in [2.24, 2.45) is 11.8 Å². The Labute approximate surface area is 183 Å². The smallest absolute Gasteiger partial charge is 0.333 e. The molecule has 0 amide bonds. The van der Waals surface area contributed by atoms with E-state index in [9.17, 15) is 18.8 Å². The van der Waals surface area contributed by atoms with Crippen LogP contribution in [0.3, 0.4) is 0 Å². The molecule has 0 spiro atoms. The number of esters is 3. The van der Waals surface area contributed by atoms with Gasteiger partial charge in [0.15, 0.2) is 0 Å². The molecule has 0 bridgehead atoms. The lowest BCUT2D eigenvalue weighted by Gasteiger charge is -2.42. The molecule has 6 nitrogen and oxygen atoms in total. The van der Waals surface area contributed by atoms with Crippen LogP contribution in [0.5, 0.6) is 0 Å². The number of ether oxygens (including phenoxy) is 3. The second-order valence-corrected chi connectivity index (χ2v) is 8.82. The first-order valence-electron chi connectivity index (χ1n) is 10.7. The Balaban J connectivity index is 2.07. The summed E-state index contributed by atoms with van der Waals surface area (Å²) in [6.45, 7) is 15.4.